The maximum Gasteiger partial charge on any atom is 0.136 e. The second kappa shape index (κ2) is 9.44. The summed E-state index contributed by atoms with van der Waals surface area (Å²) < 4.78 is 6.25. The Morgan fingerprint density at radius 1 is 0.279 bits per heavy atom. The quantitative estimate of drug-likeness (QED) is 0.201. The average Bonchev–Trinajstić information content (AvgIpc) is 3.43. The van der Waals surface area contributed by atoms with Crippen molar-refractivity contribution in [1.29, 1.82) is 0 Å². The molecule has 1 nitrogen and oxygen atoms in total. The molecule has 1 heteroatoms. The highest BCUT2D eigenvalue weighted by atomic mass is 16.3. The summed E-state index contributed by atoms with van der Waals surface area (Å²) in [6.45, 7) is 0. The van der Waals surface area contributed by atoms with Gasteiger partial charge in [0.25, 0.3) is 0 Å². The Morgan fingerprint density at radius 3 is 1.37 bits per heavy atom. The Kier molecular flexibility index (Phi) is 5.27. The number of hydrogen-bond acceptors (Lipinski definition) is 1. The lowest BCUT2D eigenvalue weighted by atomic mass is 9.86. The van der Waals surface area contributed by atoms with E-state index in [1.807, 2.05) is 0 Å². The SMILES string of the molecule is c1ccc(-c2c3ccccc3c(-c3ccc(-c4ccc5oc6cc7ccccc7cc6c5c4)cc3)c3ccccc23)cc1. The van der Waals surface area contributed by atoms with Gasteiger partial charge in [0, 0.05) is 10.8 Å². The highest BCUT2D eigenvalue weighted by Crippen LogP contribution is 2.44. The van der Waals surface area contributed by atoms with Crippen molar-refractivity contribution >= 4 is 54.3 Å². The molecule has 43 heavy (non-hydrogen) atoms. The molecule has 9 aromatic rings. The van der Waals surface area contributed by atoms with E-state index < -0.39 is 0 Å². The molecule has 0 aliphatic rings. The smallest absolute Gasteiger partial charge is 0.136 e. The van der Waals surface area contributed by atoms with Crippen LogP contribution in [0.4, 0.5) is 0 Å². The van der Waals surface area contributed by atoms with Crippen LogP contribution in [0.3, 0.4) is 0 Å². The van der Waals surface area contributed by atoms with Gasteiger partial charge >= 0.3 is 0 Å². The molecule has 9 rings (SSSR count). The third-order valence-corrected chi connectivity index (χ3v) is 8.84. The van der Waals surface area contributed by atoms with E-state index in [4.69, 9.17) is 4.42 Å². The molecular formula is C42H26O. The van der Waals surface area contributed by atoms with Gasteiger partial charge in [-0.15, -0.1) is 0 Å². The third-order valence-electron chi connectivity index (χ3n) is 8.84. The van der Waals surface area contributed by atoms with E-state index in [-0.39, 0.29) is 0 Å². The highest BCUT2D eigenvalue weighted by molar-refractivity contribution is 6.21. The van der Waals surface area contributed by atoms with Crippen molar-refractivity contribution < 1.29 is 4.42 Å². The Morgan fingerprint density at radius 2 is 0.744 bits per heavy atom. The molecule has 0 atom stereocenters. The average molecular weight is 547 g/mol. The van der Waals surface area contributed by atoms with E-state index in [2.05, 4.69) is 158 Å². The van der Waals surface area contributed by atoms with Crippen molar-refractivity contribution in [3.8, 4) is 33.4 Å². The number of rotatable bonds is 3. The lowest BCUT2D eigenvalue weighted by Crippen LogP contribution is -1.90. The van der Waals surface area contributed by atoms with E-state index in [1.165, 1.54) is 65.7 Å². The van der Waals surface area contributed by atoms with Crippen molar-refractivity contribution in [2.24, 2.45) is 0 Å². The molecule has 1 heterocycles. The topological polar surface area (TPSA) is 13.1 Å². The van der Waals surface area contributed by atoms with Gasteiger partial charge in [-0.1, -0.05) is 133 Å². The number of hydrogen-bond donors (Lipinski definition) is 0. The lowest BCUT2D eigenvalue weighted by molar-refractivity contribution is 0.669. The van der Waals surface area contributed by atoms with Crippen molar-refractivity contribution in [1.82, 2.24) is 0 Å². The maximum atomic E-state index is 6.25. The standard InChI is InChI=1S/C42H26O/c1-2-10-28(11-3-1)41-33-14-6-8-16-35(33)42(36-17-9-7-15-34(36)41)29-20-18-27(19-21-29)32-22-23-39-37(25-32)38-24-30-12-4-5-13-31(30)26-40(38)43-39/h1-26H. The fourth-order valence-corrected chi connectivity index (χ4v) is 6.83. The molecule has 1 aromatic heterocycles. The van der Waals surface area contributed by atoms with Gasteiger partial charge in [0.05, 0.1) is 0 Å². The fourth-order valence-electron chi connectivity index (χ4n) is 6.83. The van der Waals surface area contributed by atoms with E-state index in [1.54, 1.807) is 0 Å². The van der Waals surface area contributed by atoms with Crippen LogP contribution in [-0.2, 0) is 0 Å². The van der Waals surface area contributed by atoms with Gasteiger partial charge in [-0.25, -0.2) is 0 Å². The Balaban J connectivity index is 1.20. The molecule has 0 amide bonds. The lowest BCUT2D eigenvalue weighted by Gasteiger charge is -2.18. The molecule has 8 aromatic carbocycles. The minimum atomic E-state index is 0.919. The summed E-state index contributed by atoms with van der Waals surface area (Å²) in [5.74, 6) is 0. The van der Waals surface area contributed by atoms with Gasteiger partial charge in [0.1, 0.15) is 11.2 Å². The van der Waals surface area contributed by atoms with Crippen LogP contribution in [0.1, 0.15) is 0 Å². The number of furan rings is 1. The summed E-state index contributed by atoms with van der Waals surface area (Å²) >= 11 is 0. The molecule has 0 saturated carbocycles. The van der Waals surface area contributed by atoms with Crippen LogP contribution in [0.25, 0.3) is 87.6 Å². The summed E-state index contributed by atoms with van der Waals surface area (Å²) in [6.07, 6.45) is 0. The van der Waals surface area contributed by atoms with E-state index in [0.29, 0.717) is 0 Å². The monoisotopic (exact) mass is 546 g/mol. The summed E-state index contributed by atoms with van der Waals surface area (Å²) in [4.78, 5) is 0. The first kappa shape index (κ1) is 24.0. The van der Waals surface area contributed by atoms with Crippen LogP contribution in [-0.4, -0.2) is 0 Å². The van der Waals surface area contributed by atoms with Crippen molar-refractivity contribution in [2.45, 2.75) is 0 Å². The van der Waals surface area contributed by atoms with Gasteiger partial charge in [-0.05, 0) is 90.0 Å². The Labute approximate surface area is 249 Å². The van der Waals surface area contributed by atoms with E-state index in [9.17, 15) is 0 Å². The van der Waals surface area contributed by atoms with Crippen LogP contribution in [0.2, 0.25) is 0 Å². The first-order chi connectivity index (χ1) is 21.3. The zero-order chi connectivity index (χ0) is 28.3. The van der Waals surface area contributed by atoms with Gasteiger partial charge in [-0.3, -0.25) is 0 Å². The van der Waals surface area contributed by atoms with Crippen molar-refractivity contribution in [3.63, 3.8) is 0 Å². The van der Waals surface area contributed by atoms with E-state index in [0.717, 1.165) is 21.9 Å². The predicted octanol–water partition coefficient (Wildman–Crippen LogP) is 12.0. The van der Waals surface area contributed by atoms with Gasteiger partial charge in [0.2, 0.25) is 0 Å². The van der Waals surface area contributed by atoms with Crippen LogP contribution in [0.5, 0.6) is 0 Å². The molecular weight excluding hydrogens is 520 g/mol. The molecule has 0 bridgehead atoms. The van der Waals surface area contributed by atoms with Crippen LogP contribution < -0.4 is 0 Å². The molecule has 200 valence electrons. The van der Waals surface area contributed by atoms with Gasteiger partial charge in [0.15, 0.2) is 0 Å². The number of fused-ring (bicyclic) bond motifs is 6. The van der Waals surface area contributed by atoms with Crippen LogP contribution in [0.15, 0.2) is 162 Å². The first-order valence-electron chi connectivity index (χ1n) is 14.8. The van der Waals surface area contributed by atoms with Gasteiger partial charge < -0.3 is 4.42 Å². The van der Waals surface area contributed by atoms with Crippen LogP contribution >= 0.6 is 0 Å². The Hall–Kier alpha value is -5.66. The minimum absolute atomic E-state index is 0.919. The second-order valence-electron chi connectivity index (χ2n) is 11.3. The minimum Gasteiger partial charge on any atom is -0.456 e. The summed E-state index contributed by atoms with van der Waals surface area (Å²) in [5, 5.41) is 9.82. The fraction of sp³-hybridized carbons (Fsp3) is 0. The highest BCUT2D eigenvalue weighted by Gasteiger charge is 2.16. The summed E-state index contributed by atoms with van der Waals surface area (Å²) in [5.41, 5.74) is 9.26. The van der Waals surface area contributed by atoms with Crippen molar-refractivity contribution in [3.05, 3.63) is 158 Å². The molecule has 0 aliphatic carbocycles. The second-order valence-corrected chi connectivity index (χ2v) is 11.3. The maximum absolute atomic E-state index is 6.25. The summed E-state index contributed by atoms with van der Waals surface area (Å²) in [7, 11) is 0. The summed E-state index contributed by atoms with van der Waals surface area (Å²) in [6, 6.07) is 56.8. The van der Waals surface area contributed by atoms with Gasteiger partial charge in [-0.2, -0.15) is 0 Å². The normalized spacial score (nSPS) is 11.7. The number of benzene rings is 8. The largest absolute Gasteiger partial charge is 0.456 e. The molecule has 0 aliphatic heterocycles. The molecule has 0 saturated heterocycles. The first-order valence-corrected chi connectivity index (χ1v) is 14.8. The molecule has 0 fully saturated rings. The van der Waals surface area contributed by atoms with Crippen molar-refractivity contribution in [2.75, 3.05) is 0 Å². The molecule has 0 radical (unpaired) electrons. The Bertz CT molecular complexity index is 2420. The van der Waals surface area contributed by atoms with Crippen LogP contribution in [0, 0.1) is 0 Å². The predicted molar refractivity (Wildman–Crippen MR) is 183 cm³/mol. The molecule has 0 unspecified atom stereocenters. The molecule has 0 N–H and O–H groups in total. The third kappa shape index (κ3) is 3.79. The van der Waals surface area contributed by atoms with E-state index >= 15 is 0 Å². The molecule has 0 spiro atoms. The zero-order valence-corrected chi connectivity index (χ0v) is 23.4. The zero-order valence-electron chi connectivity index (χ0n) is 23.4.